The zero-order valence-electron chi connectivity index (χ0n) is 12.3. The summed E-state index contributed by atoms with van der Waals surface area (Å²) in [6, 6.07) is 0. The monoisotopic (exact) mass is 255 g/mol. The second kappa shape index (κ2) is 6.55. The number of aliphatic hydroxyl groups is 1. The summed E-state index contributed by atoms with van der Waals surface area (Å²) in [4.78, 5) is 11.8. The van der Waals surface area contributed by atoms with Gasteiger partial charge in [0.15, 0.2) is 0 Å². The van der Waals surface area contributed by atoms with Crippen LogP contribution < -0.4 is 5.32 Å². The molecular weight excluding hydrogens is 226 g/mol. The predicted octanol–water partition coefficient (Wildman–Crippen LogP) is 2.73. The SMILES string of the molecule is CC(CC(=O)NCC(O)C1CCCC1)C(C)(C)C. The van der Waals surface area contributed by atoms with Gasteiger partial charge in [0.1, 0.15) is 0 Å². The first-order valence-corrected chi connectivity index (χ1v) is 7.25. The van der Waals surface area contributed by atoms with Gasteiger partial charge in [-0.15, -0.1) is 0 Å². The van der Waals surface area contributed by atoms with Crippen molar-refractivity contribution in [3.63, 3.8) is 0 Å². The van der Waals surface area contributed by atoms with Gasteiger partial charge in [0.2, 0.25) is 5.91 Å². The van der Waals surface area contributed by atoms with Crippen LogP contribution >= 0.6 is 0 Å². The number of hydrogen-bond acceptors (Lipinski definition) is 2. The Morgan fingerprint density at radius 1 is 1.33 bits per heavy atom. The first-order chi connectivity index (χ1) is 8.30. The second-order valence-corrected chi connectivity index (χ2v) is 6.89. The van der Waals surface area contributed by atoms with Crippen molar-refractivity contribution >= 4 is 5.91 Å². The Kier molecular flexibility index (Phi) is 5.64. The molecule has 3 nitrogen and oxygen atoms in total. The number of carbonyl (C=O) groups excluding carboxylic acids is 1. The minimum atomic E-state index is -0.360. The maximum absolute atomic E-state index is 11.8. The maximum Gasteiger partial charge on any atom is 0.220 e. The molecule has 3 heteroatoms. The smallest absolute Gasteiger partial charge is 0.220 e. The average molecular weight is 255 g/mol. The zero-order valence-corrected chi connectivity index (χ0v) is 12.3. The Labute approximate surface area is 111 Å². The van der Waals surface area contributed by atoms with E-state index in [1.165, 1.54) is 12.8 Å². The topological polar surface area (TPSA) is 49.3 Å². The third-order valence-corrected chi connectivity index (χ3v) is 4.42. The molecule has 1 rings (SSSR count). The number of amides is 1. The van der Waals surface area contributed by atoms with Crippen LogP contribution in [0.3, 0.4) is 0 Å². The predicted molar refractivity (Wildman–Crippen MR) is 74.2 cm³/mol. The molecular formula is C15H29NO2. The highest BCUT2D eigenvalue weighted by Gasteiger charge is 2.25. The van der Waals surface area contributed by atoms with Gasteiger partial charge in [-0.3, -0.25) is 4.79 Å². The summed E-state index contributed by atoms with van der Waals surface area (Å²) in [5.41, 5.74) is 0.154. The van der Waals surface area contributed by atoms with E-state index in [2.05, 4.69) is 33.0 Å². The van der Waals surface area contributed by atoms with E-state index in [1.807, 2.05) is 0 Å². The Balaban J connectivity index is 2.24. The van der Waals surface area contributed by atoms with E-state index >= 15 is 0 Å². The first-order valence-electron chi connectivity index (χ1n) is 7.25. The van der Waals surface area contributed by atoms with Gasteiger partial charge in [0.25, 0.3) is 0 Å². The van der Waals surface area contributed by atoms with Crippen LogP contribution in [0.2, 0.25) is 0 Å². The van der Waals surface area contributed by atoms with E-state index in [0.717, 1.165) is 12.8 Å². The summed E-state index contributed by atoms with van der Waals surface area (Å²) in [6.45, 7) is 8.97. The fourth-order valence-corrected chi connectivity index (χ4v) is 2.38. The quantitative estimate of drug-likeness (QED) is 0.793. The minimum absolute atomic E-state index is 0.0643. The van der Waals surface area contributed by atoms with Gasteiger partial charge in [0.05, 0.1) is 6.10 Å². The summed E-state index contributed by atoms with van der Waals surface area (Å²) in [5, 5.41) is 12.9. The van der Waals surface area contributed by atoms with Crippen LogP contribution in [0.1, 0.15) is 59.8 Å². The molecule has 0 heterocycles. The molecule has 0 spiro atoms. The third kappa shape index (κ3) is 4.97. The fraction of sp³-hybridized carbons (Fsp3) is 0.933. The molecule has 1 aliphatic carbocycles. The first kappa shape index (κ1) is 15.5. The van der Waals surface area contributed by atoms with Crippen LogP contribution in [-0.2, 0) is 4.79 Å². The van der Waals surface area contributed by atoms with Crippen molar-refractivity contribution in [1.82, 2.24) is 5.32 Å². The summed E-state index contributed by atoms with van der Waals surface area (Å²) in [5.74, 6) is 0.806. The van der Waals surface area contributed by atoms with Crippen molar-refractivity contribution in [1.29, 1.82) is 0 Å². The Morgan fingerprint density at radius 2 is 1.89 bits per heavy atom. The lowest BCUT2D eigenvalue weighted by molar-refractivity contribution is -0.123. The molecule has 0 aromatic rings. The maximum atomic E-state index is 11.8. The molecule has 0 bridgehead atoms. The summed E-state index contributed by atoms with van der Waals surface area (Å²) in [6.07, 6.45) is 4.83. The number of aliphatic hydroxyl groups excluding tert-OH is 1. The van der Waals surface area contributed by atoms with Gasteiger partial charge in [-0.1, -0.05) is 40.5 Å². The van der Waals surface area contributed by atoms with Gasteiger partial charge in [0, 0.05) is 13.0 Å². The third-order valence-electron chi connectivity index (χ3n) is 4.42. The molecule has 0 aromatic carbocycles. The molecule has 18 heavy (non-hydrogen) atoms. The lowest BCUT2D eigenvalue weighted by Gasteiger charge is -2.27. The average Bonchev–Trinajstić information content (AvgIpc) is 2.77. The van der Waals surface area contributed by atoms with E-state index in [1.54, 1.807) is 0 Å². The molecule has 2 N–H and O–H groups in total. The van der Waals surface area contributed by atoms with Crippen LogP contribution in [0.25, 0.3) is 0 Å². The van der Waals surface area contributed by atoms with Crippen LogP contribution in [-0.4, -0.2) is 23.7 Å². The molecule has 0 aliphatic heterocycles. The Bertz CT molecular complexity index is 264. The van der Waals surface area contributed by atoms with E-state index in [-0.39, 0.29) is 17.4 Å². The number of nitrogens with one attached hydrogen (secondary N) is 1. The molecule has 106 valence electrons. The van der Waals surface area contributed by atoms with E-state index in [0.29, 0.717) is 24.8 Å². The van der Waals surface area contributed by atoms with Crippen LogP contribution in [0.15, 0.2) is 0 Å². The molecule has 2 atom stereocenters. The van der Waals surface area contributed by atoms with Gasteiger partial charge >= 0.3 is 0 Å². The van der Waals surface area contributed by atoms with Gasteiger partial charge in [-0.25, -0.2) is 0 Å². The zero-order chi connectivity index (χ0) is 13.8. The van der Waals surface area contributed by atoms with Gasteiger partial charge in [-0.2, -0.15) is 0 Å². The Hall–Kier alpha value is -0.570. The number of rotatable bonds is 5. The number of hydrogen-bond donors (Lipinski definition) is 2. The van der Waals surface area contributed by atoms with Gasteiger partial charge in [-0.05, 0) is 30.1 Å². The van der Waals surface area contributed by atoms with E-state index < -0.39 is 0 Å². The molecule has 1 amide bonds. The Morgan fingerprint density at radius 3 is 2.39 bits per heavy atom. The van der Waals surface area contributed by atoms with Crippen molar-refractivity contribution in [3.05, 3.63) is 0 Å². The van der Waals surface area contributed by atoms with Crippen molar-refractivity contribution < 1.29 is 9.90 Å². The molecule has 0 radical (unpaired) electrons. The summed E-state index contributed by atoms with van der Waals surface area (Å²) in [7, 11) is 0. The van der Waals surface area contributed by atoms with Crippen LogP contribution in [0.5, 0.6) is 0 Å². The molecule has 1 aliphatic rings. The molecule has 2 unspecified atom stereocenters. The lowest BCUT2D eigenvalue weighted by Crippen LogP contribution is -2.37. The second-order valence-electron chi connectivity index (χ2n) is 6.89. The standard InChI is InChI=1S/C15H29NO2/c1-11(15(2,3)4)9-14(18)16-10-13(17)12-7-5-6-8-12/h11-13,17H,5-10H2,1-4H3,(H,16,18). The van der Waals surface area contributed by atoms with Crippen molar-refractivity contribution in [3.8, 4) is 0 Å². The van der Waals surface area contributed by atoms with Gasteiger partial charge < -0.3 is 10.4 Å². The minimum Gasteiger partial charge on any atom is -0.391 e. The lowest BCUT2D eigenvalue weighted by atomic mass is 9.80. The summed E-state index contributed by atoms with van der Waals surface area (Å²) < 4.78 is 0. The van der Waals surface area contributed by atoms with Crippen molar-refractivity contribution in [2.75, 3.05) is 6.54 Å². The molecule has 0 saturated heterocycles. The van der Waals surface area contributed by atoms with E-state index in [9.17, 15) is 9.90 Å². The van der Waals surface area contributed by atoms with E-state index in [4.69, 9.17) is 0 Å². The van der Waals surface area contributed by atoms with Crippen molar-refractivity contribution in [2.24, 2.45) is 17.3 Å². The highest BCUT2D eigenvalue weighted by Crippen LogP contribution is 2.28. The fourth-order valence-electron chi connectivity index (χ4n) is 2.38. The largest absolute Gasteiger partial charge is 0.391 e. The highest BCUT2D eigenvalue weighted by molar-refractivity contribution is 5.76. The van der Waals surface area contributed by atoms with Crippen molar-refractivity contribution in [2.45, 2.75) is 65.9 Å². The summed E-state index contributed by atoms with van der Waals surface area (Å²) >= 11 is 0. The molecule has 0 aromatic heterocycles. The van der Waals surface area contributed by atoms with Crippen LogP contribution in [0, 0.1) is 17.3 Å². The molecule has 1 fully saturated rings. The number of carbonyl (C=O) groups is 1. The van der Waals surface area contributed by atoms with Crippen LogP contribution in [0.4, 0.5) is 0 Å². The molecule has 1 saturated carbocycles. The normalized spacial score (nSPS) is 20.7. The highest BCUT2D eigenvalue weighted by atomic mass is 16.3.